The average Bonchev–Trinajstić information content (AvgIpc) is 3.04. The van der Waals surface area contributed by atoms with Crippen molar-refractivity contribution in [2.45, 2.75) is 19.3 Å². The number of nitrogens with zero attached hydrogens (tertiary/aromatic N) is 1. The number of hydrogen-bond acceptors (Lipinski definition) is 4. The molecule has 1 aliphatic carbocycles. The lowest BCUT2D eigenvalue weighted by Crippen LogP contribution is -2.54. The zero-order valence-corrected chi connectivity index (χ0v) is 18.7. The Kier molecular flexibility index (Phi) is 5.22. The Morgan fingerprint density at radius 1 is 1.00 bits per heavy atom. The normalized spacial score (nSPS) is 17.3. The molecule has 4 nitrogen and oxygen atoms in total. The third-order valence-corrected chi connectivity index (χ3v) is 7.23. The Balaban J connectivity index is 1.48. The molecule has 7 heteroatoms. The van der Waals surface area contributed by atoms with E-state index in [0.29, 0.717) is 10.7 Å². The van der Waals surface area contributed by atoms with Gasteiger partial charge in [0, 0.05) is 14.8 Å². The van der Waals surface area contributed by atoms with E-state index in [0.717, 1.165) is 24.1 Å². The van der Waals surface area contributed by atoms with E-state index in [1.165, 1.54) is 26.5 Å². The van der Waals surface area contributed by atoms with Gasteiger partial charge in [-0.2, -0.15) is 0 Å². The van der Waals surface area contributed by atoms with Gasteiger partial charge in [0.25, 0.3) is 11.8 Å². The number of carbonyl (C=O) groups is 2. The number of thiocarbonyl (C=S) groups is 1. The maximum Gasteiger partial charge on any atom is 0.270 e. The molecular formula is C24H17ClN2O2S2. The summed E-state index contributed by atoms with van der Waals surface area (Å²) in [6, 6.07) is 17.4. The third kappa shape index (κ3) is 3.83. The summed E-state index contributed by atoms with van der Waals surface area (Å²) < 4.78 is 0. The molecule has 2 amide bonds. The molecule has 31 heavy (non-hydrogen) atoms. The highest BCUT2D eigenvalue weighted by Crippen LogP contribution is 2.32. The molecule has 1 aliphatic heterocycles. The van der Waals surface area contributed by atoms with Crippen LogP contribution in [0.4, 0.5) is 5.69 Å². The molecule has 1 saturated heterocycles. The lowest BCUT2D eigenvalue weighted by molar-refractivity contribution is -0.122. The zero-order valence-electron chi connectivity index (χ0n) is 16.4. The first-order valence-corrected chi connectivity index (χ1v) is 11.5. The van der Waals surface area contributed by atoms with Crippen molar-refractivity contribution in [2.24, 2.45) is 0 Å². The Morgan fingerprint density at radius 2 is 1.74 bits per heavy atom. The smallest absolute Gasteiger partial charge is 0.270 e. The van der Waals surface area contributed by atoms with E-state index in [-0.39, 0.29) is 10.7 Å². The Morgan fingerprint density at radius 3 is 2.52 bits per heavy atom. The number of carbonyl (C=O) groups excluding carboxylic acids is 2. The van der Waals surface area contributed by atoms with Crippen LogP contribution >= 0.6 is 35.2 Å². The molecule has 2 aromatic carbocycles. The third-order valence-electron chi connectivity index (χ3n) is 5.51. The zero-order chi connectivity index (χ0) is 21.5. The van der Waals surface area contributed by atoms with Gasteiger partial charge in [-0.15, -0.1) is 11.3 Å². The van der Waals surface area contributed by atoms with E-state index >= 15 is 0 Å². The van der Waals surface area contributed by atoms with E-state index in [9.17, 15) is 9.59 Å². The molecule has 0 spiro atoms. The number of anilines is 1. The van der Waals surface area contributed by atoms with Crippen LogP contribution in [-0.2, 0) is 28.9 Å². The monoisotopic (exact) mass is 464 g/mol. The van der Waals surface area contributed by atoms with E-state index < -0.39 is 11.8 Å². The number of halogens is 1. The summed E-state index contributed by atoms with van der Waals surface area (Å²) in [4.78, 5) is 29.3. The number of aryl methyl sites for hydroxylation is 2. The van der Waals surface area contributed by atoms with Gasteiger partial charge in [-0.1, -0.05) is 35.9 Å². The molecule has 5 rings (SSSR count). The van der Waals surface area contributed by atoms with Crippen molar-refractivity contribution in [1.82, 2.24) is 5.32 Å². The van der Waals surface area contributed by atoms with Crippen LogP contribution in [0.25, 0.3) is 6.08 Å². The van der Waals surface area contributed by atoms with Gasteiger partial charge in [-0.25, -0.2) is 0 Å². The minimum Gasteiger partial charge on any atom is -0.298 e. The minimum absolute atomic E-state index is 0.0630. The van der Waals surface area contributed by atoms with Crippen molar-refractivity contribution in [3.8, 4) is 0 Å². The van der Waals surface area contributed by atoms with Crippen LogP contribution < -0.4 is 10.2 Å². The lowest BCUT2D eigenvalue weighted by atomic mass is 10.0. The maximum atomic E-state index is 13.2. The molecule has 2 heterocycles. The standard InChI is InChI=1S/C24H17ClN2O2S2/c25-17-6-8-18(9-7-17)27-23(29)20(22(28)26-24(27)30)13-19-12-16-11-15-4-2-1-3-14(15)5-10-21(16)31-19/h1-4,6-9,12-13H,5,10-11H2,(H,26,28,30)/b20-13+. The topological polar surface area (TPSA) is 49.4 Å². The molecule has 0 atom stereocenters. The molecule has 1 aromatic heterocycles. The number of rotatable bonds is 2. The average molecular weight is 465 g/mol. The molecule has 1 fully saturated rings. The molecule has 0 radical (unpaired) electrons. The van der Waals surface area contributed by atoms with Crippen LogP contribution in [0.3, 0.4) is 0 Å². The lowest BCUT2D eigenvalue weighted by Gasteiger charge is -2.28. The second-order valence-corrected chi connectivity index (χ2v) is 9.47. The number of benzene rings is 2. The molecule has 2 aliphatic rings. The van der Waals surface area contributed by atoms with Gasteiger partial charge in [0.2, 0.25) is 0 Å². The Bertz CT molecular complexity index is 1260. The first kappa shape index (κ1) is 20.1. The molecule has 0 bridgehead atoms. The highest BCUT2D eigenvalue weighted by Gasteiger charge is 2.34. The van der Waals surface area contributed by atoms with Crippen molar-refractivity contribution in [2.75, 3.05) is 4.90 Å². The number of amides is 2. The summed E-state index contributed by atoms with van der Waals surface area (Å²) in [6.07, 6.45) is 4.50. The predicted molar refractivity (Wildman–Crippen MR) is 129 cm³/mol. The van der Waals surface area contributed by atoms with Gasteiger partial charge < -0.3 is 0 Å². The summed E-state index contributed by atoms with van der Waals surface area (Å²) in [5, 5.41) is 3.25. The highest BCUT2D eigenvalue weighted by atomic mass is 35.5. The maximum absolute atomic E-state index is 13.2. The van der Waals surface area contributed by atoms with Crippen LogP contribution in [-0.4, -0.2) is 16.9 Å². The van der Waals surface area contributed by atoms with Crippen LogP contribution in [0.15, 0.2) is 60.2 Å². The van der Waals surface area contributed by atoms with E-state index in [1.54, 1.807) is 41.7 Å². The largest absolute Gasteiger partial charge is 0.298 e. The van der Waals surface area contributed by atoms with E-state index in [2.05, 4.69) is 35.6 Å². The minimum atomic E-state index is -0.478. The van der Waals surface area contributed by atoms with E-state index in [4.69, 9.17) is 23.8 Å². The van der Waals surface area contributed by atoms with Gasteiger partial charge in [0.05, 0.1) is 5.69 Å². The fourth-order valence-corrected chi connectivity index (χ4v) is 5.51. The second kappa shape index (κ2) is 8.04. The first-order valence-electron chi connectivity index (χ1n) is 9.85. The quantitative estimate of drug-likeness (QED) is 0.332. The van der Waals surface area contributed by atoms with Gasteiger partial charge in [-0.3, -0.25) is 19.8 Å². The SMILES string of the molecule is O=C1NC(=S)N(c2ccc(Cl)cc2)C(=O)/C1=C/c1cc2c(s1)CCc1ccccc1C2. The highest BCUT2D eigenvalue weighted by molar-refractivity contribution is 7.80. The molecular weight excluding hydrogens is 448 g/mol. The van der Waals surface area contributed by atoms with Crippen LogP contribution in [0.2, 0.25) is 5.02 Å². The fraction of sp³-hybridized carbons (Fsp3) is 0.125. The predicted octanol–water partition coefficient (Wildman–Crippen LogP) is 4.92. The second-order valence-electron chi connectivity index (χ2n) is 7.48. The molecule has 154 valence electrons. The van der Waals surface area contributed by atoms with Crippen molar-refractivity contribution in [3.63, 3.8) is 0 Å². The van der Waals surface area contributed by atoms with Gasteiger partial charge in [-0.05, 0) is 84.6 Å². The van der Waals surface area contributed by atoms with Crippen molar-refractivity contribution in [3.05, 3.63) is 91.6 Å². The molecule has 1 N–H and O–H groups in total. The number of hydrogen-bond donors (Lipinski definition) is 1. The number of fused-ring (bicyclic) bond motifs is 2. The first-order chi connectivity index (χ1) is 15.0. The number of thiophene rings is 1. The molecule has 0 unspecified atom stereocenters. The Labute approximate surface area is 194 Å². The van der Waals surface area contributed by atoms with Gasteiger partial charge in [0.1, 0.15) is 5.57 Å². The summed E-state index contributed by atoms with van der Waals surface area (Å²) in [6.45, 7) is 0. The van der Waals surface area contributed by atoms with Crippen molar-refractivity contribution < 1.29 is 9.59 Å². The van der Waals surface area contributed by atoms with Crippen molar-refractivity contribution >= 4 is 63.8 Å². The number of nitrogens with one attached hydrogen (secondary N) is 1. The summed E-state index contributed by atoms with van der Waals surface area (Å²) in [7, 11) is 0. The van der Waals surface area contributed by atoms with Crippen LogP contribution in [0, 0.1) is 0 Å². The van der Waals surface area contributed by atoms with Crippen LogP contribution in [0.5, 0.6) is 0 Å². The molecule has 0 saturated carbocycles. The van der Waals surface area contributed by atoms with Crippen LogP contribution in [0.1, 0.15) is 26.4 Å². The Hall–Kier alpha value is -2.80. The van der Waals surface area contributed by atoms with Gasteiger partial charge in [0.15, 0.2) is 5.11 Å². The van der Waals surface area contributed by atoms with Gasteiger partial charge >= 0.3 is 0 Å². The fourth-order valence-electron chi connectivity index (χ4n) is 3.97. The summed E-state index contributed by atoms with van der Waals surface area (Å²) >= 11 is 12.9. The summed E-state index contributed by atoms with van der Waals surface area (Å²) in [5.74, 6) is -0.917. The summed E-state index contributed by atoms with van der Waals surface area (Å²) in [5.41, 5.74) is 4.61. The van der Waals surface area contributed by atoms with Crippen molar-refractivity contribution in [1.29, 1.82) is 0 Å². The molecule has 3 aromatic rings. The van der Waals surface area contributed by atoms with E-state index in [1.807, 2.05) is 0 Å².